The monoisotopic (exact) mass is 301 g/mol. The summed E-state index contributed by atoms with van der Waals surface area (Å²) in [6, 6.07) is 6.58. The van der Waals surface area contributed by atoms with Crippen molar-refractivity contribution in [2.75, 3.05) is 0 Å². The average molecular weight is 302 g/mol. The molecule has 4 heteroatoms. The van der Waals surface area contributed by atoms with Crippen LogP contribution in [0.3, 0.4) is 0 Å². The third-order valence-corrected chi connectivity index (χ3v) is 2.35. The molecule has 0 atom stereocenters. The number of ketones is 1. The highest BCUT2D eigenvalue weighted by Crippen LogP contribution is 2.16. The number of rotatable bonds is 4. The van der Waals surface area contributed by atoms with Gasteiger partial charge in [0.1, 0.15) is 5.75 Å². The van der Waals surface area contributed by atoms with Crippen LogP contribution in [0.25, 0.3) is 0 Å². The molecule has 0 heterocycles. The minimum Gasteiger partial charge on any atom is -0.508 e. The topological polar surface area (TPSA) is 49.3 Å². The van der Waals surface area contributed by atoms with E-state index in [1.807, 2.05) is 27.7 Å². The largest absolute Gasteiger partial charge is 0.508 e. The van der Waals surface area contributed by atoms with Crippen LogP contribution < -0.4 is 5.32 Å². The fourth-order valence-electron chi connectivity index (χ4n) is 1.76. The van der Waals surface area contributed by atoms with Crippen LogP contribution in [0.2, 0.25) is 0 Å². The fraction of sp³-hybridized carbons (Fsp3) is 0.462. The van der Waals surface area contributed by atoms with Crippen LogP contribution in [0.1, 0.15) is 38.1 Å². The smallest absolute Gasteiger partial charge is 0.182 e. The van der Waals surface area contributed by atoms with Gasteiger partial charge in [0, 0.05) is 11.6 Å². The van der Waals surface area contributed by atoms with E-state index >= 15 is 0 Å². The molecule has 0 spiro atoms. The van der Waals surface area contributed by atoms with Crippen molar-refractivity contribution in [3.63, 3.8) is 0 Å². The van der Waals surface area contributed by atoms with E-state index in [4.69, 9.17) is 5.11 Å². The second-order valence-corrected chi connectivity index (χ2v) is 4.80. The highest BCUT2D eigenvalue weighted by atomic mass is 79.9. The summed E-state index contributed by atoms with van der Waals surface area (Å²) >= 11 is 0. The molecular weight excluding hydrogens is 282 g/mol. The number of Topliss-reactive ketones (excluding diaryl/α,β-unsaturated/α-hetero) is 1. The van der Waals surface area contributed by atoms with Crippen molar-refractivity contribution in [3.8, 4) is 5.75 Å². The van der Waals surface area contributed by atoms with Crippen molar-refractivity contribution in [2.24, 2.45) is 0 Å². The van der Waals surface area contributed by atoms with Gasteiger partial charge in [-0.2, -0.15) is 0 Å². The van der Waals surface area contributed by atoms with Crippen molar-refractivity contribution in [1.82, 2.24) is 5.32 Å². The maximum Gasteiger partial charge on any atom is 0.182 e. The zero-order chi connectivity index (χ0) is 12.3. The van der Waals surface area contributed by atoms with Crippen LogP contribution in [-0.2, 0) is 0 Å². The van der Waals surface area contributed by atoms with E-state index in [9.17, 15) is 4.79 Å². The molecule has 0 unspecified atom stereocenters. The summed E-state index contributed by atoms with van der Waals surface area (Å²) in [5.74, 6) is 0.201. The highest BCUT2D eigenvalue weighted by Gasteiger charge is 2.28. The van der Waals surface area contributed by atoms with Crippen LogP contribution in [0, 0.1) is 0 Å². The molecule has 0 aliphatic rings. The number of phenolic OH excluding ortho intramolecular Hbond substituents is 1. The molecule has 0 amide bonds. The van der Waals surface area contributed by atoms with Gasteiger partial charge in [0.2, 0.25) is 0 Å². The molecule has 0 saturated carbocycles. The molecule has 0 aliphatic carbocycles. The average Bonchev–Trinajstić information content (AvgIpc) is 2.16. The number of hydrogen-bond acceptors (Lipinski definition) is 3. The van der Waals surface area contributed by atoms with Gasteiger partial charge in [0.25, 0.3) is 0 Å². The summed E-state index contributed by atoms with van der Waals surface area (Å²) in [6.45, 7) is 7.74. The van der Waals surface area contributed by atoms with Gasteiger partial charge < -0.3 is 10.4 Å². The number of nitrogens with one attached hydrogen (secondary N) is 1. The lowest BCUT2D eigenvalue weighted by Gasteiger charge is -2.27. The van der Waals surface area contributed by atoms with Crippen LogP contribution in [0.4, 0.5) is 0 Å². The molecule has 1 aromatic rings. The summed E-state index contributed by atoms with van der Waals surface area (Å²) in [7, 11) is 0. The zero-order valence-electron chi connectivity index (χ0n) is 10.7. The molecule has 17 heavy (non-hydrogen) atoms. The number of benzene rings is 1. The van der Waals surface area contributed by atoms with Crippen LogP contribution >= 0.6 is 17.0 Å². The molecule has 0 radical (unpaired) electrons. The highest BCUT2D eigenvalue weighted by molar-refractivity contribution is 8.93. The van der Waals surface area contributed by atoms with Crippen molar-refractivity contribution < 1.29 is 9.90 Å². The van der Waals surface area contributed by atoms with E-state index < -0.39 is 5.54 Å². The lowest BCUT2D eigenvalue weighted by molar-refractivity contribution is 0.0874. The molecule has 3 nitrogen and oxygen atoms in total. The second-order valence-electron chi connectivity index (χ2n) is 4.80. The fourth-order valence-corrected chi connectivity index (χ4v) is 1.76. The van der Waals surface area contributed by atoms with Gasteiger partial charge in [-0.05, 0) is 52.0 Å². The Morgan fingerprint density at radius 1 is 1.24 bits per heavy atom. The zero-order valence-corrected chi connectivity index (χ0v) is 12.4. The molecule has 1 rings (SSSR count). The van der Waals surface area contributed by atoms with Crippen molar-refractivity contribution in [2.45, 2.75) is 39.3 Å². The predicted molar refractivity (Wildman–Crippen MR) is 75.1 cm³/mol. The number of halogens is 1. The Hall–Kier alpha value is -0.870. The first kappa shape index (κ1) is 16.1. The summed E-state index contributed by atoms with van der Waals surface area (Å²) < 4.78 is 0. The molecule has 0 aliphatic heterocycles. The van der Waals surface area contributed by atoms with E-state index in [2.05, 4.69) is 5.32 Å². The first-order valence-corrected chi connectivity index (χ1v) is 5.44. The molecule has 96 valence electrons. The van der Waals surface area contributed by atoms with Gasteiger partial charge in [0.05, 0.1) is 5.54 Å². The first-order valence-electron chi connectivity index (χ1n) is 5.44. The molecule has 0 saturated heterocycles. The Morgan fingerprint density at radius 3 is 2.12 bits per heavy atom. The molecule has 0 fully saturated rings. The van der Waals surface area contributed by atoms with Gasteiger partial charge in [0.15, 0.2) is 5.78 Å². The normalized spacial score (nSPS) is 11.1. The number of aromatic hydroxyl groups is 1. The standard InChI is InChI=1S/C13H19NO2.BrH/c1-9(2)14-13(3,4)12(16)10-5-7-11(15)8-6-10;/h5-9,14-15H,1-4H3;1H. The van der Waals surface area contributed by atoms with Gasteiger partial charge in [-0.25, -0.2) is 0 Å². The first-order chi connectivity index (χ1) is 7.33. The van der Waals surface area contributed by atoms with E-state index in [0.717, 1.165) is 0 Å². The minimum atomic E-state index is -0.592. The summed E-state index contributed by atoms with van der Waals surface area (Å²) in [5, 5.41) is 12.4. The Labute approximate surface area is 113 Å². The lowest BCUT2D eigenvalue weighted by atomic mass is 9.92. The SMILES string of the molecule is Br.CC(C)NC(C)(C)C(=O)c1ccc(O)cc1. The molecule has 0 bridgehead atoms. The van der Waals surface area contributed by atoms with Crippen molar-refractivity contribution in [1.29, 1.82) is 0 Å². The Morgan fingerprint density at radius 2 is 1.71 bits per heavy atom. The van der Waals surface area contributed by atoms with Crippen LogP contribution in [0.5, 0.6) is 5.75 Å². The predicted octanol–water partition coefficient (Wildman–Crippen LogP) is 2.93. The summed E-state index contributed by atoms with van der Waals surface area (Å²) in [4.78, 5) is 12.2. The van der Waals surface area contributed by atoms with E-state index in [-0.39, 0.29) is 34.6 Å². The third-order valence-electron chi connectivity index (χ3n) is 2.35. The van der Waals surface area contributed by atoms with Crippen LogP contribution in [-0.4, -0.2) is 22.5 Å². The number of hydrogen-bond donors (Lipinski definition) is 2. The van der Waals surface area contributed by atoms with Crippen molar-refractivity contribution >= 4 is 22.8 Å². The molecule has 1 aromatic carbocycles. The summed E-state index contributed by atoms with van der Waals surface area (Å²) in [6.07, 6.45) is 0. The Balaban J connectivity index is 0.00000256. The van der Waals surface area contributed by atoms with Gasteiger partial charge in [-0.15, -0.1) is 17.0 Å². The van der Waals surface area contributed by atoms with Gasteiger partial charge in [-0.1, -0.05) is 0 Å². The van der Waals surface area contributed by atoms with E-state index in [1.165, 1.54) is 12.1 Å². The maximum absolute atomic E-state index is 12.2. The Kier molecular flexibility index (Phi) is 5.85. The van der Waals surface area contributed by atoms with Crippen molar-refractivity contribution in [3.05, 3.63) is 29.8 Å². The minimum absolute atomic E-state index is 0. The number of carbonyl (C=O) groups is 1. The molecule has 0 aromatic heterocycles. The Bertz CT molecular complexity index is 372. The molecule has 2 N–H and O–H groups in total. The third kappa shape index (κ3) is 4.48. The number of phenols is 1. The van der Waals surface area contributed by atoms with E-state index in [0.29, 0.717) is 5.56 Å². The van der Waals surface area contributed by atoms with Gasteiger partial charge >= 0.3 is 0 Å². The van der Waals surface area contributed by atoms with E-state index in [1.54, 1.807) is 12.1 Å². The van der Waals surface area contributed by atoms with Crippen LogP contribution in [0.15, 0.2) is 24.3 Å². The number of carbonyl (C=O) groups excluding carboxylic acids is 1. The van der Waals surface area contributed by atoms with Gasteiger partial charge in [-0.3, -0.25) is 4.79 Å². The summed E-state index contributed by atoms with van der Waals surface area (Å²) in [5.41, 5.74) is 0.0152. The molecular formula is C13H20BrNO2. The second kappa shape index (κ2) is 6.17. The maximum atomic E-state index is 12.2. The lowest BCUT2D eigenvalue weighted by Crippen LogP contribution is -2.49. The quantitative estimate of drug-likeness (QED) is 0.841.